The van der Waals surface area contributed by atoms with Crippen LogP contribution in [0.25, 0.3) is 0 Å². The number of rotatable bonds is 4. The lowest BCUT2D eigenvalue weighted by Crippen LogP contribution is -2.12. The zero-order chi connectivity index (χ0) is 14.5. The SMILES string of the molecule is CCc1ccc(NC(=O)c2cccnc2)cc1[N+](=O)[O-]. The van der Waals surface area contributed by atoms with Crippen molar-refractivity contribution in [3.05, 3.63) is 64.0 Å². The van der Waals surface area contributed by atoms with Crippen LogP contribution in [0.5, 0.6) is 0 Å². The van der Waals surface area contributed by atoms with Gasteiger partial charge < -0.3 is 5.32 Å². The van der Waals surface area contributed by atoms with Gasteiger partial charge in [-0.2, -0.15) is 0 Å². The smallest absolute Gasteiger partial charge is 0.274 e. The highest BCUT2D eigenvalue weighted by Gasteiger charge is 2.14. The minimum Gasteiger partial charge on any atom is -0.322 e. The lowest BCUT2D eigenvalue weighted by molar-refractivity contribution is -0.385. The molecule has 0 unspecified atom stereocenters. The topological polar surface area (TPSA) is 85.1 Å². The van der Waals surface area contributed by atoms with Crippen LogP contribution in [0.2, 0.25) is 0 Å². The van der Waals surface area contributed by atoms with Gasteiger partial charge in [0.05, 0.1) is 10.5 Å². The van der Waals surface area contributed by atoms with E-state index < -0.39 is 4.92 Å². The molecule has 1 heterocycles. The molecule has 20 heavy (non-hydrogen) atoms. The monoisotopic (exact) mass is 271 g/mol. The predicted molar refractivity (Wildman–Crippen MR) is 74.7 cm³/mol. The number of carbonyl (C=O) groups excluding carboxylic acids is 1. The molecular weight excluding hydrogens is 258 g/mol. The number of aryl methyl sites for hydroxylation is 1. The number of amides is 1. The molecule has 1 aromatic carbocycles. The third kappa shape index (κ3) is 2.97. The fraction of sp³-hybridized carbons (Fsp3) is 0.143. The number of pyridine rings is 1. The summed E-state index contributed by atoms with van der Waals surface area (Å²) < 4.78 is 0. The number of carbonyl (C=O) groups is 1. The second kappa shape index (κ2) is 5.92. The third-order valence-corrected chi connectivity index (χ3v) is 2.84. The number of nitro groups is 1. The summed E-state index contributed by atoms with van der Waals surface area (Å²) in [5.41, 5.74) is 1.43. The molecule has 0 radical (unpaired) electrons. The standard InChI is InChI=1S/C14H13N3O3/c1-2-10-5-6-12(8-13(10)17(19)20)16-14(18)11-4-3-7-15-9-11/h3-9H,2H2,1H3,(H,16,18). The molecule has 0 aliphatic heterocycles. The maximum absolute atomic E-state index is 11.9. The van der Waals surface area contributed by atoms with E-state index in [4.69, 9.17) is 0 Å². The Hall–Kier alpha value is -2.76. The van der Waals surface area contributed by atoms with E-state index in [1.165, 1.54) is 12.3 Å². The van der Waals surface area contributed by atoms with E-state index in [9.17, 15) is 14.9 Å². The molecular formula is C14H13N3O3. The number of nitrogens with zero attached hydrogens (tertiary/aromatic N) is 2. The van der Waals surface area contributed by atoms with Gasteiger partial charge in [0.15, 0.2) is 0 Å². The zero-order valence-corrected chi connectivity index (χ0v) is 10.9. The van der Waals surface area contributed by atoms with Crippen LogP contribution in [-0.4, -0.2) is 15.8 Å². The first kappa shape index (κ1) is 13.7. The Kier molecular flexibility index (Phi) is 4.05. The summed E-state index contributed by atoms with van der Waals surface area (Å²) in [4.78, 5) is 26.3. The van der Waals surface area contributed by atoms with E-state index in [-0.39, 0.29) is 11.6 Å². The van der Waals surface area contributed by atoms with Crippen molar-refractivity contribution in [2.75, 3.05) is 5.32 Å². The van der Waals surface area contributed by atoms with Gasteiger partial charge in [-0.05, 0) is 24.6 Å². The largest absolute Gasteiger partial charge is 0.322 e. The van der Waals surface area contributed by atoms with Gasteiger partial charge in [-0.1, -0.05) is 13.0 Å². The molecule has 2 rings (SSSR count). The first-order chi connectivity index (χ1) is 9.61. The van der Waals surface area contributed by atoms with Crippen molar-refractivity contribution in [3.63, 3.8) is 0 Å². The molecule has 1 N–H and O–H groups in total. The van der Waals surface area contributed by atoms with Crippen LogP contribution in [0.3, 0.4) is 0 Å². The molecule has 6 nitrogen and oxygen atoms in total. The van der Waals surface area contributed by atoms with Crippen LogP contribution in [0, 0.1) is 10.1 Å². The van der Waals surface area contributed by atoms with Crippen molar-refractivity contribution in [2.24, 2.45) is 0 Å². The average molecular weight is 271 g/mol. The number of anilines is 1. The van der Waals surface area contributed by atoms with Gasteiger partial charge in [0.25, 0.3) is 11.6 Å². The summed E-state index contributed by atoms with van der Waals surface area (Å²) in [6.07, 6.45) is 3.56. The molecule has 0 bridgehead atoms. The number of hydrogen-bond acceptors (Lipinski definition) is 4. The maximum atomic E-state index is 11.9. The van der Waals surface area contributed by atoms with Crippen LogP contribution >= 0.6 is 0 Å². The highest BCUT2D eigenvalue weighted by Crippen LogP contribution is 2.23. The van der Waals surface area contributed by atoms with Crippen LogP contribution in [0.15, 0.2) is 42.7 Å². The van der Waals surface area contributed by atoms with Crippen molar-refractivity contribution in [2.45, 2.75) is 13.3 Å². The van der Waals surface area contributed by atoms with Crippen LogP contribution in [0.4, 0.5) is 11.4 Å². The molecule has 2 aromatic rings. The first-order valence-electron chi connectivity index (χ1n) is 6.10. The van der Waals surface area contributed by atoms with Gasteiger partial charge >= 0.3 is 0 Å². The maximum Gasteiger partial charge on any atom is 0.274 e. The van der Waals surface area contributed by atoms with Crippen LogP contribution in [0.1, 0.15) is 22.8 Å². The Morgan fingerprint density at radius 2 is 2.20 bits per heavy atom. The Morgan fingerprint density at radius 1 is 1.40 bits per heavy atom. The fourth-order valence-electron chi connectivity index (χ4n) is 1.81. The molecule has 0 aliphatic carbocycles. The Morgan fingerprint density at radius 3 is 2.80 bits per heavy atom. The molecule has 102 valence electrons. The van der Waals surface area contributed by atoms with Gasteiger partial charge in [-0.25, -0.2) is 0 Å². The predicted octanol–water partition coefficient (Wildman–Crippen LogP) is 2.80. The fourth-order valence-corrected chi connectivity index (χ4v) is 1.81. The van der Waals surface area contributed by atoms with Crippen LogP contribution < -0.4 is 5.32 Å². The number of nitrogens with one attached hydrogen (secondary N) is 1. The third-order valence-electron chi connectivity index (χ3n) is 2.84. The highest BCUT2D eigenvalue weighted by atomic mass is 16.6. The number of aromatic nitrogens is 1. The minimum atomic E-state index is -0.446. The highest BCUT2D eigenvalue weighted by molar-refractivity contribution is 6.04. The quantitative estimate of drug-likeness (QED) is 0.684. The Bertz CT molecular complexity index is 641. The Balaban J connectivity index is 2.24. The number of hydrogen-bond donors (Lipinski definition) is 1. The summed E-state index contributed by atoms with van der Waals surface area (Å²) in [6, 6.07) is 7.94. The van der Waals surface area contributed by atoms with Gasteiger partial charge in [-0.15, -0.1) is 0 Å². The summed E-state index contributed by atoms with van der Waals surface area (Å²) in [5.74, 6) is -0.350. The normalized spacial score (nSPS) is 10.1. The molecule has 1 aromatic heterocycles. The lowest BCUT2D eigenvalue weighted by atomic mass is 10.1. The van der Waals surface area contributed by atoms with E-state index in [1.807, 2.05) is 6.92 Å². The van der Waals surface area contributed by atoms with Crippen molar-refractivity contribution < 1.29 is 9.72 Å². The first-order valence-corrected chi connectivity index (χ1v) is 6.10. The van der Waals surface area contributed by atoms with Crippen molar-refractivity contribution in [1.29, 1.82) is 0 Å². The summed E-state index contributed by atoms with van der Waals surface area (Å²) in [5, 5.41) is 13.6. The van der Waals surface area contributed by atoms with Gasteiger partial charge in [-0.3, -0.25) is 19.9 Å². The molecule has 0 saturated heterocycles. The van der Waals surface area contributed by atoms with E-state index in [0.717, 1.165) is 0 Å². The van der Waals surface area contributed by atoms with Gasteiger partial charge in [0.1, 0.15) is 0 Å². The molecule has 0 spiro atoms. The van der Waals surface area contributed by atoms with E-state index >= 15 is 0 Å². The summed E-state index contributed by atoms with van der Waals surface area (Å²) >= 11 is 0. The van der Waals surface area contributed by atoms with Gasteiger partial charge in [0, 0.05) is 29.7 Å². The van der Waals surface area contributed by atoms with Crippen molar-refractivity contribution in [3.8, 4) is 0 Å². The zero-order valence-electron chi connectivity index (χ0n) is 10.9. The summed E-state index contributed by atoms with van der Waals surface area (Å²) in [7, 11) is 0. The molecule has 0 fully saturated rings. The van der Waals surface area contributed by atoms with Crippen molar-refractivity contribution in [1.82, 2.24) is 4.98 Å². The molecule has 0 saturated carbocycles. The number of benzene rings is 1. The summed E-state index contributed by atoms with van der Waals surface area (Å²) in [6.45, 7) is 1.84. The lowest BCUT2D eigenvalue weighted by Gasteiger charge is -2.06. The van der Waals surface area contributed by atoms with E-state index in [1.54, 1.807) is 30.5 Å². The molecule has 0 aliphatic rings. The van der Waals surface area contributed by atoms with Crippen molar-refractivity contribution >= 4 is 17.3 Å². The second-order valence-electron chi connectivity index (χ2n) is 4.15. The molecule has 6 heteroatoms. The van der Waals surface area contributed by atoms with Crippen LogP contribution in [-0.2, 0) is 6.42 Å². The second-order valence-corrected chi connectivity index (χ2v) is 4.15. The molecule has 0 atom stereocenters. The minimum absolute atomic E-state index is 0.0106. The average Bonchev–Trinajstić information content (AvgIpc) is 2.48. The molecule has 1 amide bonds. The van der Waals surface area contributed by atoms with Gasteiger partial charge in [0.2, 0.25) is 0 Å². The Labute approximate surface area is 115 Å². The van der Waals surface area contributed by atoms with E-state index in [0.29, 0.717) is 23.2 Å². The number of nitro benzene ring substituents is 1. The van der Waals surface area contributed by atoms with E-state index in [2.05, 4.69) is 10.3 Å².